The van der Waals surface area contributed by atoms with Gasteiger partial charge in [0.2, 0.25) is 0 Å². The van der Waals surface area contributed by atoms with E-state index < -0.39 is 0 Å². The zero-order chi connectivity index (χ0) is 11.8. The fraction of sp³-hybridized carbons (Fsp3) is 0.636. The Morgan fingerprint density at radius 3 is 2.69 bits per heavy atom. The normalized spacial score (nSPS) is 10.7. The Morgan fingerprint density at radius 2 is 2.12 bits per heavy atom. The highest BCUT2D eigenvalue weighted by Gasteiger charge is 1.98. The first kappa shape index (κ1) is 12.7. The summed E-state index contributed by atoms with van der Waals surface area (Å²) >= 11 is 0. The van der Waals surface area contributed by atoms with Gasteiger partial charge in [-0.05, 0) is 32.1 Å². The van der Waals surface area contributed by atoms with Gasteiger partial charge in [0.25, 0.3) is 5.56 Å². The van der Waals surface area contributed by atoms with E-state index in [1.165, 1.54) is 6.07 Å². The first-order chi connectivity index (χ1) is 7.76. The van der Waals surface area contributed by atoms with Gasteiger partial charge in [-0.1, -0.05) is 13.8 Å². The molecule has 0 aromatic carbocycles. The number of nitrogens with one attached hydrogen (secondary N) is 2. The van der Waals surface area contributed by atoms with Gasteiger partial charge in [0.15, 0.2) is 0 Å². The average Bonchev–Trinajstić information content (AvgIpc) is 2.32. The van der Waals surface area contributed by atoms with Crippen molar-refractivity contribution in [3.05, 3.63) is 22.5 Å². The molecular weight excluding hydrogens is 204 g/mol. The molecule has 2 N–H and O–H groups in total. The van der Waals surface area contributed by atoms with Crippen molar-refractivity contribution >= 4 is 5.82 Å². The molecule has 0 bridgehead atoms. The van der Waals surface area contributed by atoms with Crippen LogP contribution in [0.2, 0.25) is 0 Å². The van der Waals surface area contributed by atoms with E-state index in [1.54, 1.807) is 6.07 Å². The maximum atomic E-state index is 10.8. The van der Waals surface area contributed by atoms with Crippen LogP contribution in [0, 0.1) is 0 Å². The summed E-state index contributed by atoms with van der Waals surface area (Å²) in [4.78, 5) is 13.1. The number of hydrogen-bond donors (Lipinski definition) is 2. The number of hydrogen-bond acceptors (Lipinski definition) is 4. The predicted octanol–water partition coefficient (Wildman–Crippen LogP) is 0.914. The fourth-order valence-electron chi connectivity index (χ4n) is 1.50. The van der Waals surface area contributed by atoms with Crippen LogP contribution in [-0.4, -0.2) is 41.3 Å². The lowest BCUT2D eigenvalue weighted by Gasteiger charge is -2.17. The Morgan fingerprint density at radius 1 is 1.38 bits per heavy atom. The van der Waals surface area contributed by atoms with Crippen LogP contribution in [0.4, 0.5) is 5.82 Å². The number of aromatic amines is 1. The highest BCUT2D eigenvalue weighted by atomic mass is 16.1. The lowest BCUT2D eigenvalue weighted by Crippen LogP contribution is -2.25. The maximum Gasteiger partial charge on any atom is 0.264 e. The van der Waals surface area contributed by atoms with Gasteiger partial charge in [-0.25, -0.2) is 5.10 Å². The Hall–Kier alpha value is -1.36. The zero-order valence-electron chi connectivity index (χ0n) is 9.99. The minimum atomic E-state index is -0.173. The molecule has 0 aliphatic heterocycles. The van der Waals surface area contributed by atoms with Crippen LogP contribution in [0.3, 0.4) is 0 Å². The molecule has 5 nitrogen and oxygen atoms in total. The Kier molecular flexibility index (Phi) is 5.56. The van der Waals surface area contributed by atoms with Gasteiger partial charge < -0.3 is 10.2 Å². The van der Waals surface area contributed by atoms with Crippen molar-refractivity contribution in [2.75, 3.05) is 31.5 Å². The van der Waals surface area contributed by atoms with Gasteiger partial charge in [0, 0.05) is 12.6 Å². The highest BCUT2D eigenvalue weighted by Crippen LogP contribution is 1.97. The molecule has 5 heteroatoms. The summed E-state index contributed by atoms with van der Waals surface area (Å²) in [5.74, 6) is 0.721. The maximum absolute atomic E-state index is 10.8. The zero-order valence-corrected chi connectivity index (χ0v) is 9.99. The van der Waals surface area contributed by atoms with E-state index in [-0.39, 0.29) is 5.56 Å². The van der Waals surface area contributed by atoms with Gasteiger partial charge in [-0.15, -0.1) is 0 Å². The first-order valence-electron chi connectivity index (χ1n) is 5.78. The molecule has 16 heavy (non-hydrogen) atoms. The van der Waals surface area contributed by atoms with Crippen molar-refractivity contribution in [3.63, 3.8) is 0 Å². The summed E-state index contributed by atoms with van der Waals surface area (Å²) < 4.78 is 0. The molecule has 1 aromatic rings. The van der Waals surface area contributed by atoms with Crippen LogP contribution in [-0.2, 0) is 0 Å². The SMILES string of the molecule is CCN(CC)CCCNc1ccc(=O)[nH]n1. The molecule has 1 aromatic heterocycles. The lowest BCUT2D eigenvalue weighted by molar-refractivity contribution is 0.303. The van der Waals surface area contributed by atoms with Crippen LogP contribution in [0.1, 0.15) is 20.3 Å². The molecule has 90 valence electrons. The highest BCUT2D eigenvalue weighted by molar-refractivity contribution is 5.30. The summed E-state index contributed by atoms with van der Waals surface area (Å²) in [7, 11) is 0. The molecule has 0 radical (unpaired) electrons. The minimum Gasteiger partial charge on any atom is -0.369 e. The molecule has 0 spiro atoms. The number of nitrogens with zero attached hydrogens (tertiary/aromatic N) is 2. The van der Waals surface area contributed by atoms with E-state index in [2.05, 4.69) is 34.3 Å². The Bertz CT molecular complexity index is 326. The minimum absolute atomic E-state index is 0.173. The molecule has 0 saturated carbocycles. The van der Waals surface area contributed by atoms with Crippen LogP contribution >= 0.6 is 0 Å². The van der Waals surface area contributed by atoms with E-state index >= 15 is 0 Å². The van der Waals surface area contributed by atoms with Gasteiger partial charge in [-0.3, -0.25) is 4.79 Å². The topological polar surface area (TPSA) is 61.0 Å². The van der Waals surface area contributed by atoms with Gasteiger partial charge in [0.1, 0.15) is 5.82 Å². The number of anilines is 1. The summed E-state index contributed by atoms with van der Waals surface area (Å²) in [6, 6.07) is 3.16. The van der Waals surface area contributed by atoms with E-state index in [0.29, 0.717) is 0 Å². The second-order valence-corrected chi connectivity index (χ2v) is 3.61. The van der Waals surface area contributed by atoms with Crippen molar-refractivity contribution in [1.29, 1.82) is 0 Å². The average molecular weight is 224 g/mol. The summed E-state index contributed by atoms with van der Waals surface area (Å²) in [6.07, 6.45) is 1.07. The molecule has 1 heterocycles. The monoisotopic (exact) mass is 224 g/mol. The summed E-state index contributed by atoms with van der Waals surface area (Å²) in [5.41, 5.74) is -0.173. The van der Waals surface area contributed by atoms with E-state index in [9.17, 15) is 4.79 Å². The molecule has 0 amide bonds. The number of H-pyrrole nitrogens is 1. The molecule has 0 aliphatic rings. The largest absolute Gasteiger partial charge is 0.369 e. The van der Waals surface area contributed by atoms with Crippen LogP contribution in [0.25, 0.3) is 0 Å². The standard InChI is InChI=1S/C11H20N4O/c1-3-15(4-2)9-5-8-12-10-6-7-11(16)14-13-10/h6-7H,3-5,8-9H2,1-2H3,(H,12,13)(H,14,16). The second kappa shape index (κ2) is 7.00. The number of aromatic nitrogens is 2. The molecule has 0 unspecified atom stereocenters. The van der Waals surface area contributed by atoms with Crippen molar-refractivity contribution in [2.24, 2.45) is 0 Å². The van der Waals surface area contributed by atoms with Crippen LogP contribution in [0.5, 0.6) is 0 Å². The van der Waals surface area contributed by atoms with Crippen molar-refractivity contribution in [3.8, 4) is 0 Å². The first-order valence-corrected chi connectivity index (χ1v) is 5.78. The third kappa shape index (κ3) is 4.44. The fourth-order valence-corrected chi connectivity index (χ4v) is 1.50. The van der Waals surface area contributed by atoms with Crippen molar-refractivity contribution in [1.82, 2.24) is 15.1 Å². The van der Waals surface area contributed by atoms with Gasteiger partial charge >= 0.3 is 0 Å². The molecule has 0 aliphatic carbocycles. The summed E-state index contributed by atoms with van der Waals surface area (Å²) in [5, 5.41) is 9.43. The number of rotatable bonds is 7. The predicted molar refractivity (Wildman–Crippen MR) is 65.8 cm³/mol. The second-order valence-electron chi connectivity index (χ2n) is 3.61. The third-order valence-electron chi connectivity index (χ3n) is 2.53. The van der Waals surface area contributed by atoms with Crippen molar-refractivity contribution < 1.29 is 0 Å². The van der Waals surface area contributed by atoms with Crippen molar-refractivity contribution in [2.45, 2.75) is 20.3 Å². The van der Waals surface area contributed by atoms with Gasteiger partial charge in [-0.2, -0.15) is 5.10 Å². The van der Waals surface area contributed by atoms with Gasteiger partial charge in [0.05, 0.1) is 0 Å². The molecule has 0 saturated heterocycles. The third-order valence-corrected chi connectivity index (χ3v) is 2.53. The summed E-state index contributed by atoms with van der Waals surface area (Å²) in [6.45, 7) is 8.47. The van der Waals surface area contributed by atoms with E-state index in [1.807, 2.05) is 0 Å². The molecule has 1 rings (SSSR count). The Labute approximate surface area is 95.9 Å². The smallest absolute Gasteiger partial charge is 0.264 e. The quantitative estimate of drug-likeness (QED) is 0.676. The van der Waals surface area contributed by atoms with E-state index in [4.69, 9.17) is 0 Å². The Balaban J connectivity index is 2.20. The molecule has 0 fully saturated rings. The van der Waals surface area contributed by atoms with Crippen LogP contribution < -0.4 is 10.9 Å². The van der Waals surface area contributed by atoms with E-state index in [0.717, 1.165) is 38.4 Å². The molecular formula is C11H20N4O. The lowest BCUT2D eigenvalue weighted by atomic mass is 10.3. The van der Waals surface area contributed by atoms with Crippen LogP contribution in [0.15, 0.2) is 16.9 Å². The molecule has 0 atom stereocenters.